The minimum atomic E-state index is -0.562. The number of nitrogens with zero attached hydrogens (tertiary/aromatic N) is 1. The Morgan fingerprint density at radius 1 is 1.53 bits per heavy atom. The predicted molar refractivity (Wildman–Crippen MR) is 74.7 cm³/mol. The molecule has 2 heterocycles. The number of amides is 1. The number of nitrogens with one attached hydrogen (secondary N) is 1. The molecule has 5 heteroatoms. The van der Waals surface area contributed by atoms with E-state index in [2.05, 4.69) is 17.1 Å². The third-order valence-electron chi connectivity index (χ3n) is 4.42. The van der Waals surface area contributed by atoms with Gasteiger partial charge in [-0.1, -0.05) is 6.92 Å². The first-order valence-electron chi connectivity index (χ1n) is 7.36. The molecule has 2 aliphatic heterocycles. The summed E-state index contributed by atoms with van der Waals surface area (Å²) in [6, 6.07) is -0.193. The van der Waals surface area contributed by atoms with Gasteiger partial charge in [-0.2, -0.15) is 0 Å². The molecule has 0 bridgehead atoms. The van der Waals surface area contributed by atoms with Crippen LogP contribution in [0, 0.1) is 11.3 Å². The second-order valence-electron chi connectivity index (χ2n) is 6.36. The Hall–Kier alpha value is -0.650. The van der Waals surface area contributed by atoms with Crippen LogP contribution in [0.3, 0.4) is 0 Å². The first-order valence-corrected chi connectivity index (χ1v) is 7.36. The smallest absolute Gasteiger partial charge is 0.229 e. The Labute approximate surface area is 115 Å². The van der Waals surface area contributed by atoms with E-state index in [1.165, 1.54) is 25.9 Å². The average molecular weight is 269 g/mol. The van der Waals surface area contributed by atoms with Crippen LogP contribution in [0.4, 0.5) is 0 Å². The van der Waals surface area contributed by atoms with Gasteiger partial charge in [0.1, 0.15) is 0 Å². The molecule has 110 valence electrons. The molecule has 19 heavy (non-hydrogen) atoms. The van der Waals surface area contributed by atoms with Gasteiger partial charge in [-0.25, -0.2) is 0 Å². The van der Waals surface area contributed by atoms with E-state index in [9.17, 15) is 4.79 Å². The molecule has 0 spiro atoms. The van der Waals surface area contributed by atoms with Crippen LogP contribution in [-0.2, 0) is 9.53 Å². The molecule has 0 saturated carbocycles. The van der Waals surface area contributed by atoms with E-state index in [1.807, 2.05) is 6.92 Å². The molecule has 0 aliphatic carbocycles. The fraction of sp³-hybridized carbons (Fsp3) is 0.929. The lowest BCUT2D eigenvalue weighted by Crippen LogP contribution is -2.51. The van der Waals surface area contributed by atoms with E-state index >= 15 is 0 Å². The van der Waals surface area contributed by atoms with Crippen LogP contribution in [0.2, 0.25) is 0 Å². The van der Waals surface area contributed by atoms with Crippen molar-refractivity contribution < 1.29 is 9.53 Å². The summed E-state index contributed by atoms with van der Waals surface area (Å²) in [4.78, 5) is 14.7. The molecular formula is C14H27N3O2. The van der Waals surface area contributed by atoms with E-state index in [1.54, 1.807) is 0 Å². The lowest BCUT2D eigenvalue weighted by Gasteiger charge is -2.27. The third-order valence-corrected chi connectivity index (χ3v) is 4.42. The van der Waals surface area contributed by atoms with Gasteiger partial charge < -0.3 is 20.7 Å². The Bertz CT molecular complexity index is 318. The molecule has 3 unspecified atom stereocenters. The van der Waals surface area contributed by atoms with E-state index < -0.39 is 5.41 Å². The zero-order valence-corrected chi connectivity index (χ0v) is 12.2. The van der Waals surface area contributed by atoms with E-state index in [0.29, 0.717) is 19.1 Å². The first kappa shape index (κ1) is 14.8. The SMILES string of the molecule is CC(CNC(=O)C1(C)COCC1N)CN1CCCC1. The molecule has 3 atom stereocenters. The molecule has 0 aromatic carbocycles. The Morgan fingerprint density at radius 3 is 2.79 bits per heavy atom. The van der Waals surface area contributed by atoms with Crippen molar-refractivity contribution in [3.05, 3.63) is 0 Å². The molecule has 0 radical (unpaired) electrons. The molecule has 2 fully saturated rings. The Kier molecular flexibility index (Phi) is 4.81. The molecule has 3 N–H and O–H groups in total. The molecule has 2 saturated heterocycles. The predicted octanol–water partition coefficient (Wildman–Crippen LogP) is 0.198. The second-order valence-corrected chi connectivity index (χ2v) is 6.36. The maximum absolute atomic E-state index is 12.2. The molecule has 0 aromatic rings. The maximum atomic E-state index is 12.2. The number of hydrogen-bond acceptors (Lipinski definition) is 4. The van der Waals surface area contributed by atoms with Crippen LogP contribution in [0.25, 0.3) is 0 Å². The number of carbonyl (C=O) groups excluding carboxylic acids is 1. The van der Waals surface area contributed by atoms with Gasteiger partial charge in [-0.3, -0.25) is 4.79 Å². The molecule has 5 nitrogen and oxygen atoms in total. The van der Waals surface area contributed by atoms with Crippen molar-refractivity contribution in [2.75, 3.05) is 39.4 Å². The van der Waals surface area contributed by atoms with Crippen molar-refractivity contribution in [3.63, 3.8) is 0 Å². The second kappa shape index (κ2) is 6.20. The number of likely N-dealkylation sites (tertiary alicyclic amines) is 1. The van der Waals surface area contributed by atoms with Gasteiger partial charge in [0.2, 0.25) is 5.91 Å². The highest BCUT2D eigenvalue weighted by atomic mass is 16.5. The van der Waals surface area contributed by atoms with E-state index in [4.69, 9.17) is 10.5 Å². The highest BCUT2D eigenvalue weighted by Crippen LogP contribution is 2.27. The van der Waals surface area contributed by atoms with Crippen LogP contribution >= 0.6 is 0 Å². The lowest BCUT2D eigenvalue weighted by atomic mass is 9.85. The quantitative estimate of drug-likeness (QED) is 0.748. The van der Waals surface area contributed by atoms with Crippen molar-refractivity contribution in [3.8, 4) is 0 Å². The lowest BCUT2D eigenvalue weighted by molar-refractivity contribution is -0.130. The van der Waals surface area contributed by atoms with Crippen molar-refractivity contribution in [2.24, 2.45) is 17.1 Å². The molecule has 2 aliphatic rings. The van der Waals surface area contributed by atoms with E-state index in [-0.39, 0.29) is 11.9 Å². The summed E-state index contributed by atoms with van der Waals surface area (Å²) >= 11 is 0. The minimum absolute atomic E-state index is 0.0331. The summed E-state index contributed by atoms with van der Waals surface area (Å²) in [6.45, 7) is 9.19. The average Bonchev–Trinajstić information content (AvgIpc) is 2.98. The molecular weight excluding hydrogens is 242 g/mol. The number of ether oxygens (including phenoxy) is 1. The van der Waals surface area contributed by atoms with Crippen LogP contribution in [0.5, 0.6) is 0 Å². The zero-order chi connectivity index (χ0) is 13.9. The molecule has 2 rings (SSSR count). The van der Waals surface area contributed by atoms with Gasteiger partial charge in [-0.05, 0) is 38.8 Å². The van der Waals surface area contributed by atoms with Gasteiger partial charge in [0.25, 0.3) is 0 Å². The van der Waals surface area contributed by atoms with Crippen molar-refractivity contribution in [2.45, 2.75) is 32.7 Å². The summed E-state index contributed by atoms with van der Waals surface area (Å²) in [7, 11) is 0. The maximum Gasteiger partial charge on any atom is 0.229 e. The fourth-order valence-electron chi connectivity index (χ4n) is 2.86. The van der Waals surface area contributed by atoms with Gasteiger partial charge in [0.05, 0.1) is 18.6 Å². The number of rotatable bonds is 5. The zero-order valence-electron chi connectivity index (χ0n) is 12.2. The summed E-state index contributed by atoms with van der Waals surface area (Å²) in [5.41, 5.74) is 5.40. The largest absolute Gasteiger partial charge is 0.379 e. The van der Waals surface area contributed by atoms with Crippen LogP contribution < -0.4 is 11.1 Å². The topological polar surface area (TPSA) is 67.6 Å². The van der Waals surface area contributed by atoms with Crippen LogP contribution in [0.1, 0.15) is 26.7 Å². The fourth-order valence-corrected chi connectivity index (χ4v) is 2.86. The summed E-state index contributed by atoms with van der Waals surface area (Å²) in [5, 5.41) is 3.04. The number of nitrogens with two attached hydrogens (primary N) is 1. The van der Waals surface area contributed by atoms with E-state index in [0.717, 1.165) is 13.1 Å². The minimum Gasteiger partial charge on any atom is -0.379 e. The summed E-state index contributed by atoms with van der Waals surface area (Å²) in [6.07, 6.45) is 2.62. The van der Waals surface area contributed by atoms with Crippen LogP contribution in [0.15, 0.2) is 0 Å². The summed E-state index contributed by atoms with van der Waals surface area (Å²) in [5.74, 6) is 0.509. The van der Waals surface area contributed by atoms with Crippen molar-refractivity contribution in [1.29, 1.82) is 0 Å². The first-order chi connectivity index (χ1) is 9.02. The monoisotopic (exact) mass is 269 g/mol. The van der Waals surface area contributed by atoms with Gasteiger partial charge in [-0.15, -0.1) is 0 Å². The van der Waals surface area contributed by atoms with Gasteiger partial charge in [0, 0.05) is 19.1 Å². The summed E-state index contributed by atoms with van der Waals surface area (Å²) < 4.78 is 5.31. The van der Waals surface area contributed by atoms with Gasteiger partial charge in [0.15, 0.2) is 0 Å². The molecule has 1 amide bonds. The molecule has 0 aromatic heterocycles. The Morgan fingerprint density at radius 2 is 2.21 bits per heavy atom. The van der Waals surface area contributed by atoms with Crippen molar-refractivity contribution >= 4 is 5.91 Å². The normalized spacial score (nSPS) is 33.5. The number of carbonyl (C=O) groups is 1. The van der Waals surface area contributed by atoms with Crippen LogP contribution in [-0.4, -0.2) is 56.2 Å². The number of hydrogen-bond donors (Lipinski definition) is 2. The standard InChI is InChI=1S/C14H27N3O2/c1-11(8-17-5-3-4-6-17)7-16-13(18)14(2)10-19-9-12(14)15/h11-12H,3-10,15H2,1-2H3,(H,16,18). The van der Waals surface area contributed by atoms with Gasteiger partial charge >= 0.3 is 0 Å². The highest BCUT2D eigenvalue weighted by molar-refractivity contribution is 5.83. The highest BCUT2D eigenvalue weighted by Gasteiger charge is 2.44. The third kappa shape index (κ3) is 3.46. The Balaban J connectivity index is 1.73. The van der Waals surface area contributed by atoms with Crippen molar-refractivity contribution in [1.82, 2.24) is 10.2 Å².